The van der Waals surface area contributed by atoms with E-state index in [-0.39, 0.29) is 6.04 Å². The van der Waals surface area contributed by atoms with Gasteiger partial charge in [-0.25, -0.2) is 0 Å². The lowest BCUT2D eigenvalue weighted by Gasteiger charge is -2.15. The Morgan fingerprint density at radius 1 is 1.50 bits per heavy atom. The highest BCUT2D eigenvalue weighted by atomic mass is 16.5. The molecular weight excluding hydrogens is 178 g/mol. The highest BCUT2D eigenvalue weighted by Crippen LogP contribution is 2.16. The second-order valence-electron chi connectivity index (χ2n) is 3.49. The van der Waals surface area contributed by atoms with Gasteiger partial charge in [-0.1, -0.05) is 0 Å². The molecule has 2 heterocycles. The smallest absolute Gasteiger partial charge is 0.0662 e. The molecule has 0 aliphatic carbocycles. The van der Waals surface area contributed by atoms with E-state index in [1.807, 2.05) is 12.3 Å². The summed E-state index contributed by atoms with van der Waals surface area (Å²) in [6, 6.07) is 2.17. The van der Waals surface area contributed by atoms with Crippen molar-refractivity contribution in [1.82, 2.24) is 10.3 Å². The summed E-state index contributed by atoms with van der Waals surface area (Å²) >= 11 is 0. The largest absolute Gasteiger partial charge is 0.397 e. The normalized spacial score (nSPS) is 23.0. The molecule has 1 aromatic rings. The topological polar surface area (TPSA) is 60.2 Å². The number of hydrogen-bond donors (Lipinski definition) is 2. The SMILES string of the molecule is Nc1cncc(C2COCCCN2)c1. The maximum Gasteiger partial charge on any atom is 0.0662 e. The van der Waals surface area contributed by atoms with Crippen LogP contribution in [-0.4, -0.2) is 24.7 Å². The minimum absolute atomic E-state index is 0.230. The van der Waals surface area contributed by atoms with Crippen LogP contribution in [0.15, 0.2) is 18.5 Å². The molecule has 4 heteroatoms. The van der Waals surface area contributed by atoms with Gasteiger partial charge in [0.05, 0.1) is 18.3 Å². The molecule has 0 aromatic carbocycles. The molecule has 1 aromatic heterocycles. The molecule has 0 bridgehead atoms. The molecular formula is C10H15N3O. The molecule has 4 nitrogen and oxygen atoms in total. The van der Waals surface area contributed by atoms with Crippen LogP contribution in [0.5, 0.6) is 0 Å². The third kappa shape index (κ3) is 2.21. The minimum Gasteiger partial charge on any atom is -0.397 e. The van der Waals surface area contributed by atoms with Crippen LogP contribution in [0.25, 0.3) is 0 Å². The van der Waals surface area contributed by atoms with Crippen molar-refractivity contribution in [3.63, 3.8) is 0 Å². The average Bonchev–Trinajstić information content (AvgIpc) is 2.45. The summed E-state index contributed by atoms with van der Waals surface area (Å²) in [5.41, 5.74) is 7.48. The summed E-state index contributed by atoms with van der Waals surface area (Å²) in [7, 11) is 0. The van der Waals surface area contributed by atoms with Crippen molar-refractivity contribution in [1.29, 1.82) is 0 Å². The Kier molecular flexibility index (Phi) is 2.96. The molecule has 1 atom stereocenters. The standard InChI is InChI=1S/C10H15N3O/c11-9-4-8(5-12-6-9)10-7-14-3-1-2-13-10/h4-6,10,13H,1-3,7,11H2. The second kappa shape index (κ2) is 4.39. The van der Waals surface area contributed by atoms with Gasteiger partial charge in [-0.3, -0.25) is 4.98 Å². The summed E-state index contributed by atoms with van der Waals surface area (Å²) < 4.78 is 5.47. The first-order valence-electron chi connectivity index (χ1n) is 4.88. The van der Waals surface area contributed by atoms with E-state index in [9.17, 15) is 0 Å². The second-order valence-corrected chi connectivity index (χ2v) is 3.49. The van der Waals surface area contributed by atoms with Gasteiger partial charge in [0, 0.05) is 19.0 Å². The van der Waals surface area contributed by atoms with Gasteiger partial charge >= 0.3 is 0 Å². The van der Waals surface area contributed by atoms with Crippen LogP contribution in [0.3, 0.4) is 0 Å². The fraction of sp³-hybridized carbons (Fsp3) is 0.500. The van der Waals surface area contributed by atoms with Gasteiger partial charge in [-0.15, -0.1) is 0 Å². The molecule has 76 valence electrons. The summed E-state index contributed by atoms with van der Waals surface area (Å²) in [5.74, 6) is 0. The first-order valence-corrected chi connectivity index (χ1v) is 4.88. The predicted molar refractivity (Wildman–Crippen MR) is 54.8 cm³/mol. The number of nitrogens with one attached hydrogen (secondary N) is 1. The summed E-state index contributed by atoms with van der Waals surface area (Å²) in [6.45, 7) is 2.52. The number of ether oxygens (including phenoxy) is 1. The number of nitrogens with zero attached hydrogens (tertiary/aromatic N) is 1. The molecule has 0 radical (unpaired) electrons. The van der Waals surface area contributed by atoms with Gasteiger partial charge in [0.25, 0.3) is 0 Å². The zero-order valence-electron chi connectivity index (χ0n) is 8.07. The van der Waals surface area contributed by atoms with Crippen molar-refractivity contribution < 1.29 is 4.74 Å². The zero-order chi connectivity index (χ0) is 9.80. The first kappa shape index (κ1) is 9.43. The van der Waals surface area contributed by atoms with Gasteiger partial charge in [0.2, 0.25) is 0 Å². The van der Waals surface area contributed by atoms with Crippen molar-refractivity contribution in [2.24, 2.45) is 0 Å². The number of nitrogens with two attached hydrogens (primary N) is 1. The lowest BCUT2D eigenvalue weighted by molar-refractivity contribution is 0.131. The highest BCUT2D eigenvalue weighted by molar-refractivity contribution is 5.38. The van der Waals surface area contributed by atoms with E-state index in [2.05, 4.69) is 10.3 Å². The predicted octanol–water partition coefficient (Wildman–Crippen LogP) is 0.715. The Labute approximate surface area is 83.5 Å². The molecule has 2 rings (SSSR count). The van der Waals surface area contributed by atoms with Gasteiger partial charge < -0.3 is 15.8 Å². The summed E-state index contributed by atoms with van der Waals surface area (Å²) in [4.78, 5) is 4.07. The van der Waals surface area contributed by atoms with Gasteiger partial charge in [-0.2, -0.15) is 0 Å². The lowest BCUT2D eigenvalue weighted by atomic mass is 10.1. The first-order chi connectivity index (χ1) is 6.86. The number of pyridine rings is 1. The number of anilines is 1. The third-order valence-electron chi connectivity index (χ3n) is 2.32. The fourth-order valence-corrected chi connectivity index (χ4v) is 1.59. The Morgan fingerprint density at radius 2 is 2.43 bits per heavy atom. The van der Waals surface area contributed by atoms with Crippen LogP contribution in [-0.2, 0) is 4.74 Å². The van der Waals surface area contributed by atoms with Crippen LogP contribution in [0.2, 0.25) is 0 Å². The van der Waals surface area contributed by atoms with Crippen molar-refractivity contribution in [2.75, 3.05) is 25.5 Å². The minimum atomic E-state index is 0.230. The van der Waals surface area contributed by atoms with E-state index in [0.717, 1.165) is 25.1 Å². The Hall–Kier alpha value is -1.13. The fourth-order valence-electron chi connectivity index (χ4n) is 1.59. The average molecular weight is 193 g/mol. The van der Waals surface area contributed by atoms with E-state index in [4.69, 9.17) is 10.5 Å². The summed E-state index contributed by atoms with van der Waals surface area (Å²) in [6.07, 6.45) is 4.55. The van der Waals surface area contributed by atoms with Crippen LogP contribution in [0, 0.1) is 0 Å². The molecule has 0 amide bonds. The van der Waals surface area contributed by atoms with Crippen molar-refractivity contribution in [2.45, 2.75) is 12.5 Å². The number of aromatic nitrogens is 1. The zero-order valence-corrected chi connectivity index (χ0v) is 8.07. The third-order valence-corrected chi connectivity index (χ3v) is 2.32. The monoisotopic (exact) mass is 193 g/mol. The van der Waals surface area contributed by atoms with Gasteiger partial charge in [0.15, 0.2) is 0 Å². The van der Waals surface area contributed by atoms with Crippen LogP contribution in [0.4, 0.5) is 5.69 Å². The van der Waals surface area contributed by atoms with E-state index >= 15 is 0 Å². The molecule has 0 saturated carbocycles. The molecule has 1 aliphatic heterocycles. The molecule has 0 spiro atoms. The van der Waals surface area contributed by atoms with Crippen LogP contribution in [0.1, 0.15) is 18.0 Å². The maximum atomic E-state index is 5.67. The molecule has 14 heavy (non-hydrogen) atoms. The van der Waals surface area contributed by atoms with Gasteiger partial charge in [0.1, 0.15) is 0 Å². The number of rotatable bonds is 1. The van der Waals surface area contributed by atoms with E-state index < -0.39 is 0 Å². The van der Waals surface area contributed by atoms with E-state index in [0.29, 0.717) is 12.3 Å². The van der Waals surface area contributed by atoms with Gasteiger partial charge in [-0.05, 0) is 24.6 Å². The Balaban J connectivity index is 2.12. The van der Waals surface area contributed by atoms with Crippen LogP contribution < -0.4 is 11.1 Å². The lowest BCUT2D eigenvalue weighted by Crippen LogP contribution is -2.23. The Morgan fingerprint density at radius 3 is 3.29 bits per heavy atom. The summed E-state index contributed by atoms with van der Waals surface area (Å²) in [5, 5.41) is 3.40. The number of nitrogen functional groups attached to an aromatic ring is 1. The van der Waals surface area contributed by atoms with E-state index in [1.54, 1.807) is 6.20 Å². The molecule has 1 fully saturated rings. The molecule has 1 saturated heterocycles. The van der Waals surface area contributed by atoms with Crippen LogP contribution >= 0.6 is 0 Å². The van der Waals surface area contributed by atoms with Crippen molar-refractivity contribution in [3.8, 4) is 0 Å². The van der Waals surface area contributed by atoms with Crippen molar-refractivity contribution in [3.05, 3.63) is 24.0 Å². The highest BCUT2D eigenvalue weighted by Gasteiger charge is 2.14. The number of hydrogen-bond acceptors (Lipinski definition) is 4. The molecule has 3 N–H and O–H groups in total. The quantitative estimate of drug-likeness (QED) is 0.689. The molecule has 1 unspecified atom stereocenters. The van der Waals surface area contributed by atoms with Crippen molar-refractivity contribution >= 4 is 5.69 Å². The van der Waals surface area contributed by atoms with E-state index in [1.165, 1.54) is 0 Å². The maximum absolute atomic E-state index is 5.67. The Bertz CT molecular complexity index is 295. The molecule has 1 aliphatic rings.